The molecule has 0 fully saturated rings. The van der Waals surface area contributed by atoms with Gasteiger partial charge in [-0.2, -0.15) is 4.98 Å². The fourth-order valence-corrected chi connectivity index (χ4v) is 2.33. The van der Waals surface area contributed by atoms with E-state index in [1.165, 1.54) is 9.13 Å². The lowest BCUT2D eigenvalue weighted by molar-refractivity contribution is 0.666. The van der Waals surface area contributed by atoms with Crippen LogP contribution in [0.25, 0.3) is 16.9 Å². The monoisotopic (exact) mass is 273 g/mol. The Hall–Kier alpha value is -2.57. The molecular formula is C13H15N5O2. The molecule has 0 radical (unpaired) electrons. The molecule has 0 aromatic carbocycles. The van der Waals surface area contributed by atoms with Gasteiger partial charge in [-0.05, 0) is 13.8 Å². The van der Waals surface area contributed by atoms with Gasteiger partial charge >= 0.3 is 5.69 Å². The molecule has 7 nitrogen and oxygen atoms in total. The molecule has 0 amide bonds. The van der Waals surface area contributed by atoms with Crippen LogP contribution in [0.2, 0.25) is 0 Å². The number of imidazole rings is 2. The Labute approximate surface area is 113 Å². The lowest BCUT2D eigenvalue weighted by atomic mass is 10.4. The van der Waals surface area contributed by atoms with Crippen LogP contribution in [0.3, 0.4) is 0 Å². The summed E-state index contributed by atoms with van der Waals surface area (Å²) in [5.74, 6) is 0.563. The van der Waals surface area contributed by atoms with Gasteiger partial charge in [0.25, 0.3) is 5.56 Å². The van der Waals surface area contributed by atoms with Crippen LogP contribution < -0.4 is 11.2 Å². The minimum Gasteiger partial charge on any atom is -0.328 e. The van der Waals surface area contributed by atoms with Gasteiger partial charge in [0, 0.05) is 25.5 Å². The van der Waals surface area contributed by atoms with E-state index >= 15 is 0 Å². The van der Waals surface area contributed by atoms with Crippen LogP contribution in [0.4, 0.5) is 0 Å². The van der Waals surface area contributed by atoms with Gasteiger partial charge in [0.1, 0.15) is 0 Å². The number of fused-ring (bicyclic) bond motifs is 3. The minimum absolute atomic E-state index is 0.259. The Bertz CT molecular complexity index is 951. The van der Waals surface area contributed by atoms with E-state index in [0.717, 1.165) is 5.69 Å². The summed E-state index contributed by atoms with van der Waals surface area (Å²) in [5.41, 5.74) is 1.02. The Balaban J connectivity index is 2.50. The van der Waals surface area contributed by atoms with Crippen molar-refractivity contribution in [1.82, 2.24) is 23.5 Å². The van der Waals surface area contributed by atoms with Gasteiger partial charge in [-0.1, -0.05) is 12.2 Å². The van der Waals surface area contributed by atoms with Gasteiger partial charge in [0.05, 0.1) is 0 Å². The van der Waals surface area contributed by atoms with Gasteiger partial charge in [0.15, 0.2) is 11.2 Å². The molecule has 3 heterocycles. The highest BCUT2D eigenvalue weighted by molar-refractivity contribution is 5.75. The first-order chi connectivity index (χ1) is 9.54. The fraction of sp³-hybridized carbons (Fsp3) is 0.308. The van der Waals surface area contributed by atoms with Crippen molar-refractivity contribution >= 4 is 16.9 Å². The number of nitrogens with one attached hydrogen (secondary N) is 1. The van der Waals surface area contributed by atoms with Crippen LogP contribution in [0.1, 0.15) is 12.6 Å². The van der Waals surface area contributed by atoms with E-state index in [1.807, 2.05) is 19.9 Å². The van der Waals surface area contributed by atoms with Crippen molar-refractivity contribution in [3.8, 4) is 0 Å². The largest absolute Gasteiger partial charge is 0.332 e. The molecule has 3 aromatic heterocycles. The summed E-state index contributed by atoms with van der Waals surface area (Å²) in [6, 6.07) is 0. The van der Waals surface area contributed by atoms with Crippen LogP contribution in [0.15, 0.2) is 27.9 Å². The maximum absolute atomic E-state index is 12.5. The zero-order valence-corrected chi connectivity index (χ0v) is 11.5. The number of aromatic amines is 1. The maximum Gasteiger partial charge on any atom is 0.332 e. The normalized spacial score (nSPS) is 12.2. The molecule has 0 aliphatic heterocycles. The lowest BCUT2D eigenvalue weighted by Gasteiger charge is -2.05. The van der Waals surface area contributed by atoms with Gasteiger partial charge in [-0.25, -0.2) is 4.79 Å². The summed E-state index contributed by atoms with van der Waals surface area (Å²) >= 11 is 0. The first-order valence-corrected chi connectivity index (χ1v) is 6.33. The molecule has 20 heavy (non-hydrogen) atoms. The number of aryl methyl sites for hydroxylation is 2. The smallest absolute Gasteiger partial charge is 0.328 e. The number of nitrogens with zero attached hydrogens (tertiary/aromatic N) is 4. The van der Waals surface area contributed by atoms with Crippen molar-refractivity contribution in [2.75, 3.05) is 0 Å². The van der Waals surface area contributed by atoms with Crippen molar-refractivity contribution in [2.24, 2.45) is 7.05 Å². The molecule has 0 bridgehead atoms. The summed E-state index contributed by atoms with van der Waals surface area (Å²) in [6.45, 7) is 4.00. The summed E-state index contributed by atoms with van der Waals surface area (Å²) < 4.78 is 4.30. The number of hydrogen-bond acceptors (Lipinski definition) is 3. The van der Waals surface area contributed by atoms with E-state index in [4.69, 9.17) is 0 Å². The van der Waals surface area contributed by atoms with Gasteiger partial charge in [-0.15, -0.1) is 0 Å². The predicted octanol–water partition coefficient (Wildman–Crippen LogP) is 0.561. The number of H-pyrrole nitrogens is 1. The molecule has 7 heteroatoms. The van der Waals surface area contributed by atoms with Crippen LogP contribution in [-0.4, -0.2) is 23.5 Å². The SMILES string of the molecule is CC=CCn1c(=O)c2c(nc3[nH]c(C)cn32)n(C)c1=O. The fourth-order valence-electron chi connectivity index (χ4n) is 2.33. The molecule has 1 N–H and O–H groups in total. The molecule has 0 unspecified atom stereocenters. The third kappa shape index (κ3) is 1.56. The van der Waals surface area contributed by atoms with Gasteiger partial charge < -0.3 is 4.98 Å². The van der Waals surface area contributed by atoms with E-state index in [1.54, 1.807) is 23.7 Å². The second-order valence-electron chi connectivity index (χ2n) is 4.74. The zero-order valence-electron chi connectivity index (χ0n) is 11.5. The molecule has 0 saturated carbocycles. The Morgan fingerprint density at radius 3 is 2.85 bits per heavy atom. The Morgan fingerprint density at radius 1 is 1.40 bits per heavy atom. The van der Waals surface area contributed by atoms with Crippen molar-refractivity contribution in [3.05, 3.63) is 44.9 Å². The lowest BCUT2D eigenvalue weighted by Crippen LogP contribution is -2.39. The molecule has 0 aliphatic carbocycles. The number of hydrogen-bond donors (Lipinski definition) is 1. The van der Waals surface area contributed by atoms with E-state index in [2.05, 4.69) is 9.97 Å². The molecular weight excluding hydrogens is 258 g/mol. The second kappa shape index (κ2) is 4.22. The quantitative estimate of drug-likeness (QED) is 0.693. The first-order valence-electron chi connectivity index (χ1n) is 6.33. The summed E-state index contributed by atoms with van der Waals surface area (Å²) in [6.07, 6.45) is 5.38. The van der Waals surface area contributed by atoms with Gasteiger partial charge in [0.2, 0.25) is 5.78 Å². The van der Waals surface area contributed by atoms with E-state index in [0.29, 0.717) is 16.9 Å². The number of allylic oxidation sites excluding steroid dienone is 2. The summed E-state index contributed by atoms with van der Waals surface area (Å²) in [5, 5.41) is 0. The second-order valence-corrected chi connectivity index (χ2v) is 4.74. The molecule has 3 aromatic rings. The van der Waals surface area contributed by atoms with Crippen LogP contribution in [-0.2, 0) is 13.6 Å². The van der Waals surface area contributed by atoms with E-state index < -0.39 is 0 Å². The highest BCUT2D eigenvalue weighted by atomic mass is 16.2. The Morgan fingerprint density at radius 2 is 2.15 bits per heavy atom. The van der Waals surface area contributed by atoms with Gasteiger partial charge in [-0.3, -0.25) is 18.3 Å². The molecule has 104 valence electrons. The highest BCUT2D eigenvalue weighted by Gasteiger charge is 2.17. The maximum atomic E-state index is 12.5. The first kappa shape index (κ1) is 12.5. The topological polar surface area (TPSA) is 77.1 Å². The summed E-state index contributed by atoms with van der Waals surface area (Å²) in [4.78, 5) is 32.1. The van der Waals surface area contributed by atoms with E-state index in [-0.39, 0.29) is 17.8 Å². The van der Waals surface area contributed by atoms with Crippen LogP contribution >= 0.6 is 0 Å². The number of aromatic nitrogens is 5. The molecule has 3 rings (SSSR count). The molecule has 0 atom stereocenters. The van der Waals surface area contributed by atoms with Crippen molar-refractivity contribution in [1.29, 1.82) is 0 Å². The van der Waals surface area contributed by atoms with Crippen molar-refractivity contribution in [3.63, 3.8) is 0 Å². The highest BCUT2D eigenvalue weighted by Crippen LogP contribution is 2.11. The van der Waals surface area contributed by atoms with E-state index in [9.17, 15) is 9.59 Å². The molecule has 0 spiro atoms. The molecule has 0 saturated heterocycles. The zero-order chi connectivity index (χ0) is 14.4. The average molecular weight is 273 g/mol. The molecule has 0 aliphatic rings. The van der Waals surface area contributed by atoms with Crippen molar-refractivity contribution < 1.29 is 0 Å². The summed E-state index contributed by atoms with van der Waals surface area (Å²) in [7, 11) is 1.62. The van der Waals surface area contributed by atoms with Crippen LogP contribution in [0, 0.1) is 6.92 Å². The predicted molar refractivity (Wildman–Crippen MR) is 76.1 cm³/mol. The Kier molecular flexibility index (Phi) is 2.63. The average Bonchev–Trinajstić information content (AvgIpc) is 2.92. The van der Waals surface area contributed by atoms with Crippen molar-refractivity contribution in [2.45, 2.75) is 20.4 Å². The standard InChI is InChI=1S/C13H15N5O2/c1-4-5-6-17-11(19)9-10(16(3)13(17)20)15-12-14-8(2)7-18(9)12/h4-5,7H,6H2,1-3H3,(H,14,15). The third-order valence-electron chi connectivity index (χ3n) is 3.33. The van der Waals surface area contributed by atoms with Crippen LogP contribution in [0.5, 0.6) is 0 Å². The minimum atomic E-state index is -0.363. The number of rotatable bonds is 2. The third-order valence-corrected chi connectivity index (χ3v) is 3.33.